The Morgan fingerprint density at radius 1 is 1.22 bits per heavy atom. The number of rotatable bonds is 16. The minimum atomic E-state index is -1.74. The molecule has 7 N–H and O–H groups in total. The van der Waals surface area contributed by atoms with Crippen LogP contribution in [0.5, 0.6) is 0 Å². The Hall–Kier alpha value is -2.74. The number of carbonyl (C=O) groups is 3. The first kappa shape index (κ1) is 29.3. The van der Waals surface area contributed by atoms with Crippen LogP contribution in [-0.2, 0) is 14.4 Å². The molecule has 0 aromatic carbocycles. The van der Waals surface area contributed by atoms with Crippen molar-refractivity contribution in [1.29, 1.82) is 0 Å². The van der Waals surface area contributed by atoms with Gasteiger partial charge < -0.3 is 26.4 Å². The molecule has 0 aliphatic heterocycles. The van der Waals surface area contributed by atoms with Crippen LogP contribution in [0, 0.1) is 22.0 Å². The van der Waals surface area contributed by atoms with Crippen molar-refractivity contribution >= 4 is 30.7 Å². The van der Waals surface area contributed by atoms with Crippen LogP contribution in [0.15, 0.2) is 4.99 Å². The van der Waals surface area contributed by atoms with Gasteiger partial charge in [-0.3, -0.25) is 14.4 Å². The van der Waals surface area contributed by atoms with E-state index in [-0.39, 0.29) is 49.4 Å². The number of hydrazine groups is 1. The summed E-state index contributed by atoms with van der Waals surface area (Å²) in [5.41, 5.74) is 7.06. The highest BCUT2D eigenvalue weighted by Gasteiger charge is 2.29. The third-order valence-corrected chi connectivity index (χ3v) is 4.46. The summed E-state index contributed by atoms with van der Waals surface area (Å²) < 4.78 is 0. The van der Waals surface area contributed by atoms with Crippen molar-refractivity contribution in [3.8, 4) is 0 Å². The molecule has 0 fully saturated rings. The zero-order chi connectivity index (χ0) is 24.7. The van der Waals surface area contributed by atoms with Crippen molar-refractivity contribution in [3.63, 3.8) is 0 Å². The van der Waals surface area contributed by atoms with Gasteiger partial charge in [-0.05, 0) is 31.6 Å². The fourth-order valence-electron chi connectivity index (χ4n) is 2.98. The maximum Gasteiger partial charge on any atom is 0.475 e. The van der Waals surface area contributed by atoms with Gasteiger partial charge in [0.05, 0.1) is 5.94 Å². The van der Waals surface area contributed by atoms with Crippen molar-refractivity contribution in [2.24, 2.45) is 22.6 Å². The van der Waals surface area contributed by atoms with Gasteiger partial charge in [0.15, 0.2) is 5.03 Å². The third kappa shape index (κ3) is 15.1. The normalized spacial score (nSPS) is 13.2. The van der Waals surface area contributed by atoms with E-state index in [9.17, 15) is 34.5 Å². The van der Waals surface area contributed by atoms with Gasteiger partial charge in [-0.15, -0.1) is 0 Å². The lowest BCUT2D eigenvalue weighted by Crippen LogP contribution is -2.49. The van der Waals surface area contributed by atoms with Crippen molar-refractivity contribution in [1.82, 2.24) is 16.1 Å². The molecule has 2 amide bonds. The Bertz CT molecular complexity index is 660. The van der Waals surface area contributed by atoms with Crippen LogP contribution in [0.1, 0.15) is 59.3 Å². The quantitative estimate of drug-likeness (QED) is 0.0413. The Morgan fingerprint density at radius 2 is 1.88 bits per heavy atom. The number of carbonyl (C=O) groups excluding carboxylic acids is 3. The van der Waals surface area contributed by atoms with Crippen LogP contribution < -0.4 is 21.8 Å². The summed E-state index contributed by atoms with van der Waals surface area (Å²) in [5, 5.41) is 33.8. The molecule has 0 spiro atoms. The number of amides is 2. The van der Waals surface area contributed by atoms with Crippen LogP contribution in [-0.4, -0.2) is 64.8 Å². The van der Waals surface area contributed by atoms with Gasteiger partial charge in [0.25, 0.3) is 5.96 Å². The second kappa shape index (κ2) is 16.0. The summed E-state index contributed by atoms with van der Waals surface area (Å²) in [7, 11) is -1.74. The summed E-state index contributed by atoms with van der Waals surface area (Å²) in [6.07, 6.45) is 1.47. The number of hydrogen-bond acceptors (Lipinski definition) is 8. The molecule has 0 unspecified atom stereocenters. The lowest BCUT2D eigenvalue weighted by molar-refractivity contribution is -0.525. The summed E-state index contributed by atoms with van der Waals surface area (Å²) in [5.74, 6) is -2.74. The van der Waals surface area contributed by atoms with E-state index in [1.54, 1.807) is 5.43 Å². The molecule has 0 radical (unpaired) electrons. The van der Waals surface area contributed by atoms with Crippen molar-refractivity contribution in [2.75, 3.05) is 13.1 Å². The fourth-order valence-corrected chi connectivity index (χ4v) is 2.98. The molecule has 0 saturated heterocycles. The molecule has 13 nitrogen and oxygen atoms in total. The molecular weight excluding hydrogens is 423 g/mol. The minimum absolute atomic E-state index is 0.0613. The SMILES string of the molecule is CC(=O)NCCCC(=O)C[C@@H](CCCN=C(N)N[N+](=O)[O-])C(=O)N[C@@H](CC(C)C)B(O)O. The van der Waals surface area contributed by atoms with Gasteiger partial charge in [-0.25, -0.2) is 15.1 Å². The van der Waals surface area contributed by atoms with E-state index in [1.165, 1.54) is 6.92 Å². The molecular formula is C18H35BN6O7. The smallest absolute Gasteiger partial charge is 0.426 e. The van der Waals surface area contributed by atoms with E-state index in [0.717, 1.165) is 0 Å². The highest BCUT2D eigenvalue weighted by molar-refractivity contribution is 6.43. The van der Waals surface area contributed by atoms with Crippen LogP contribution in [0.4, 0.5) is 0 Å². The molecule has 0 saturated carbocycles. The van der Waals surface area contributed by atoms with Crippen molar-refractivity contribution < 1.29 is 29.5 Å². The highest BCUT2D eigenvalue weighted by Crippen LogP contribution is 2.16. The van der Waals surface area contributed by atoms with Crippen LogP contribution in [0.3, 0.4) is 0 Å². The second-order valence-corrected chi connectivity index (χ2v) is 7.96. The molecule has 0 rings (SSSR count). The van der Waals surface area contributed by atoms with Gasteiger partial charge in [0, 0.05) is 38.8 Å². The predicted molar refractivity (Wildman–Crippen MR) is 118 cm³/mol. The Balaban J connectivity index is 4.99. The van der Waals surface area contributed by atoms with Gasteiger partial charge in [-0.1, -0.05) is 19.3 Å². The average Bonchev–Trinajstić information content (AvgIpc) is 2.65. The number of nitrogens with one attached hydrogen (secondary N) is 3. The third-order valence-electron chi connectivity index (χ3n) is 4.46. The second-order valence-electron chi connectivity index (χ2n) is 7.96. The molecule has 0 aliphatic rings. The zero-order valence-electron chi connectivity index (χ0n) is 18.9. The van der Waals surface area contributed by atoms with Crippen LogP contribution in [0.2, 0.25) is 0 Å². The van der Waals surface area contributed by atoms with Crippen molar-refractivity contribution in [3.05, 3.63) is 10.1 Å². The first-order valence-corrected chi connectivity index (χ1v) is 10.6. The minimum Gasteiger partial charge on any atom is -0.426 e. The van der Waals surface area contributed by atoms with Gasteiger partial charge in [0.2, 0.25) is 11.8 Å². The Morgan fingerprint density at radius 3 is 2.41 bits per heavy atom. The van der Waals surface area contributed by atoms with E-state index in [1.807, 2.05) is 13.8 Å². The molecule has 0 heterocycles. The number of hydrogen-bond donors (Lipinski definition) is 6. The van der Waals surface area contributed by atoms with Crippen LogP contribution in [0.25, 0.3) is 0 Å². The largest absolute Gasteiger partial charge is 0.475 e. The number of guanidine groups is 1. The number of Topliss-reactive ketones (excluding diaryl/α,β-unsaturated/α-hetero) is 1. The average molecular weight is 458 g/mol. The highest BCUT2D eigenvalue weighted by atomic mass is 16.7. The number of aliphatic imine (C=N–C) groups is 1. The molecule has 32 heavy (non-hydrogen) atoms. The molecule has 0 aliphatic carbocycles. The lowest BCUT2D eigenvalue weighted by atomic mass is 9.74. The summed E-state index contributed by atoms with van der Waals surface area (Å²) in [4.78, 5) is 50.1. The van der Waals surface area contributed by atoms with E-state index >= 15 is 0 Å². The van der Waals surface area contributed by atoms with Crippen molar-refractivity contribution in [2.45, 2.75) is 65.2 Å². The monoisotopic (exact) mass is 458 g/mol. The fraction of sp³-hybridized carbons (Fsp3) is 0.778. The van der Waals surface area contributed by atoms with Gasteiger partial charge in [0.1, 0.15) is 5.78 Å². The zero-order valence-corrected chi connectivity index (χ0v) is 18.9. The molecule has 14 heteroatoms. The molecule has 0 bridgehead atoms. The first-order valence-electron chi connectivity index (χ1n) is 10.6. The topological polar surface area (TPSA) is 209 Å². The lowest BCUT2D eigenvalue weighted by Gasteiger charge is -2.23. The van der Waals surface area contributed by atoms with Crippen LogP contribution >= 0.6 is 0 Å². The Labute approximate surface area is 187 Å². The maximum atomic E-state index is 12.8. The predicted octanol–water partition coefficient (Wildman–Crippen LogP) is -1.10. The summed E-state index contributed by atoms with van der Waals surface area (Å²) >= 11 is 0. The van der Waals surface area contributed by atoms with Gasteiger partial charge in [-0.2, -0.15) is 0 Å². The van der Waals surface area contributed by atoms with E-state index in [2.05, 4.69) is 15.6 Å². The van der Waals surface area contributed by atoms with Gasteiger partial charge >= 0.3 is 7.12 Å². The molecule has 2 atom stereocenters. The number of nitrogens with two attached hydrogens (primary N) is 1. The molecule has 0 aromatic heterocycles. The van der Waals surface area contributed by atoms with E-state index in [0.29, 0.717) is 25.8 Å². The standard InChI is InChI=1S/C18H35BN6O7/c1-12(2)10-16(19(29)30)23-17(28)14(6-4-9-22-18(20)24-25(31)32)11-15(27)7-5-8-21-13(3)26/h12,14,16,29-30H,4-11H2,1-3H3,(H,21,26)(H,23,28)(H3,20,22,24)/t14-,16+/m1/s1. The number of ketones is 1. The van der Waals surface area contributed by atoms with E-state index < -0.39 is 29.9 Å². The maximum absolute atomic E-state index is 12.8. The molecule has 182 valence electrons. The summed E-state index contributed by atoms with van der Waals surface area (Å²) in [6, 6.07) is 0. The van der Waals surface area contributed by atoms with E-state index in [4.69, 9.17) is 5.73 Å². The molecule has 0 aromatic rings. The number of nitro groups is 1. The Kier molecular flexibility index (Phi) is 14.6. The number of nitrogens with zero attached hydrogens (tertiary/aromatic N) is 2. The first-order chi connectivity index (χ1) is 14.9. The summed E-state index contributed by atoms with van der Waals surface area (Å²) in [6.45, 7) is 5.58.